The summed E-state index contributed by atoms with van der Waals surface area (Å²) >= 11 is 0. The summed E-state index contributed by atoms with van der Waals surface area (Å²) in [5.41, 5.74) is 4.85. The Kier molecular flexibility index (Phi) is 4.05. The Bertz CT molecular complexity index is 1160. The Morgan fingerprint density at radius 2 is 1.76 bits per heavy atom. The number of H-pyrrole nitrogens is 1. The summed E-state index contributed by atoms with van der Waals surface area (Å²) in [5, 5.41) is 3.01. The number of amides is 1. The highest BCUT2D eigenvalue weighted by molar-refractivity contribution is 5.94. The Hall–Kier alpha value is -3.34. The smallest absolute Gasteiger partial charge is 0.271 e. The van der Waals surface area contributed by atoms with E-state index < -0.39 is 0 Å². The number of allylic oxidation sites excluding steroid dienone is 1. The van der Waals surface area contributed by atoms with Crippen LogP contribution < -0.4 is 5.56 Å². The first-order chi connectivity index (χ1) is 14.1. The van der Waals surface area contributed by atoms with Crippen LogP contribution in [0.25, 0.3) is 11.8 Å². The van der Waals surface area contributed by atoms with Gasteiger partial charge in [0.15, 0.2) is 0 Å². The number of aromatic nitrogens is 2. The molecule has 29 heavy (non-hydrogen) atoms. The van der Waals surface area contributed by atoms with E-state index in [1.165, 1.54) is 15.8 Å². The minimum absolute atomic E-state index is 0.0525. The zero-order valence-corrected chi connectivity index (χ0v) is 16.4. The predicted octanol–water partition coefficient (Wildman–Crippen LogP) is 3.67. The van der Waals surface area contributed by atoms with Gasteiger partial charge in [0, 0.05) is 35.8 Å². The number of carbonyl (C=O) groups is 1. The van der Waals surface area contributed by atoms with Gasteiger partial charge in [-0.2, -0.15) is 0 Å². The van der Waals surface area contributed by atoms with Crippen molar-refractivity contribution in [2.75, 3.05) is 13.1 Å². The Morgan fingerprint density at radius 1 is 1.03 bits per heavy atom. The van der Waals surface area contributed by atoms with Gasteiger partial charge in [0.1, 0.15) is 0 Å². The fraction of sp³-hybridized carbons (Fsp3) is 0.250. The molecule has 1 aliphatic heterocycles. The highest BCUT2D eigenvalue weighted by Crippen LogP contribution is 2.43. The maximum Gasteiger partial charge on any atom is 0.271 e. The fourth-order valence-corrected chi connectivity index (χ4v) is 4.62. The molecular formula is C24H23N3O2. The highest BCUT2D eigenvalue weighted by atomic mass is 16.2. The monoisotopic (exact) mass is 385 g/mol. The summed E-state index contributed by atoms with van der Waals surface area (Å²) in [7, 11) is 0. The molecule has 1 saturated heterocycles. The predicted molar refractivity (Wildman–Crippen MR) is 113 cm³/mol. The molecule has 1 spiro atoms. The number of hydrogen-bond donors (Lipinski definition) is 1. The first-order valence-electron chi connectivity index (χ1n) is 10.0. The van der Waals surface area contributed by atoms with Crippen molar-refractivity contribution in [1.82, 2.24) is 14.7 Å². The van der Waals surface area contributed by atoms with E-state index in [1.807, 2.05) is 24.0 Å². The third kappa shape index (κ3) is 2.94. The van der Waals surface area contributed by atoms with E-state index in [9.17, 15) is 9.59 Å². The number of likely N-dealkylation sites (tertiary alicyclic amines) is 1. The van der Waals surface area contributed by atoms with E-state index in [-0.39, 0.29) is 16.9 Å². The molecule has 1 aromatic heterocycles. The molecule has 2 aromatic carbocycles. The third-order valence-corrected chi connectivity index (χ3v) is 6.24. The standard InChI is InChI=1S/C24H23N3O2/c1-17-16-22(28)27(25-17)20-8-6-19(7-9-20)23(29)26-14-12-24(13-15-26)11-10-18-4-2-3-5-21(18)24/h2-11,16,25H,12-15H2,1H3. The van der Waals surface area contributed by atoms with Crippen molar-refractivity contribution in [3.8, 4) is 5.69 Å². The lowest BCUT2D eigenvalue weighted by molar-refractivity contribution is 0.0690. The van der Waals surface area contributed by atoms with Crippen LogP contribution in [0.1, 0.15) is 40.0 Å². The second-order valence-corrected chi connectivity index (χ2v) is 8.03. The van der Waals surface area contributed by atoms with Gasteiger partial charge >= 0.3 is 0 Å². The van der Waals surface area contributed by atoms with Gasteiger partial charge in [-0.15, -0.1) is 0 Å². The molecule has 5 heteroatoms. The van der Waals surface area contributed by atoms with E-state index >= 15 is 0 Å². The van der Waals surface area contributed by atoms with Gasteiger partial charge in [0.2, 0.25) is 0 Å². The molecule has 2 aliphatic rings. The Morgan fingerprint density at radius 3 is 2.45 bits per heavy atom. The number of aryl methyl sites for hydroxylation is 1. The summed E-state index contributed by atoms with van der Waals surface area (Å²) in [6.07, 6.45) is 6.43. The number of fused-ring (bicyclic) bond motifs is 2. The van der Waals surface area contributed by atoms with Crippen LogP contribution >= 0.6 is 0 Å². The van der Waals surface area contributed by atoms with Crippen LogP contribution in [0, 0.1) is 6.92 Å². The van der Waals surface area contributed by atoms with Gasteiger partial charge < -0.3 is 4.90 Å². The fourth-order valence-electron chi connectivity index (χ4n) is 4.62. The highest BCUT2D eigenvalue weighted by Gasteiger charge is 2.38. The normalized spacial score (nSPS) is 16.9. The average molecular weight is 385 g/mol. The van der Waals surface area contributed by atoms with Gasteiger partial charge in [-0.25, -0.2) is 4.68 Å². The van der Waals surface area contributed by atoms with Crippen molar-refractivity contribution in [2.45, 2.75) is 25.2 Å². The number of piperidine rings is 1. The van der Waals surface area contributed by atoms with E-state index in [0.717, 1.165) is 37.3 Å². The maximum absolute atomic E-state index is 13.0. The van der Waals surface area contributed by atoms with E-state index in [1.54, 1.807) is 18.2 Å². The minimum atomic E-state index is -0.104. The first-order valence-corrected chi connectivity index (χ1v) is 10.0. The van der Waals surface area contributed by atoms with Gasteiger partial charge in [0.25, 0.3) is 11.5 Å². The molecule has 146 valence electrons. The SMILES string of the molecule is Cc1cc(=O)n(-c2ccc(C(=O)N3CCC4(C=Cc5ccccc54)CC3)cc2)[nH]1. The lowest BCUT2D eigenvalue weighted by Crippen LogP contribution is -2.44. The Balaban J connectivity index is 1.31. The van der Waals surface area contributed by atoms with Crippen molar-refractivity contribution in [3.63, 3.8) is 0 Å². The average Bonchev–Trinajstić information content (AvgIpc) is 3.28. The summed E-state index contributed by atoms with van der Waals surface area (Å²) in [6, 6.07) is 17.3. The molecular weight excluding hydrogens is 362 g/mol. The van der Waals surface area contributed by atoms with Crippen molar-refractivity contribution in [2.24, 2.45) is 0 Å². The molecule has 2 heterocycles. The summed E-state index contributed by atoms with van der Waals surface area (Å²) in [4.78, 5) is 26.9. The van der Waals surface area contributed by atoms with Crippen LogP contribution in [-0.4, -0.2) is 33.7 Å². The van der Waals surface area contributed by atoms with Gasteiger partial charge in [0.05, 0.1) is 5.69 Å². The molecule has 1 amide bonds. The van der Waals surface area contributed by atoms with Crippen LogP contribution in [0.15, 0.2) is 65.5 Å². The second kappa shape index (κ2) is 6.62. The van der Waals surface area contributed by atoms with Gasteiger partial charge in [-0.3, -0.25) is 14.7 Å². The first kappa shape index (κ1) is 17.7. The summed E-state index contributed by atoms with van der Waals surface area (Å²) < 4.78 is 1.48. The molecule has 1 aliphatic carbocycles. The number of hydrogen-bond acceptors (Lipinski definition) is 2. The molecule has 1 N–H and O–H groups in total. The number of benzene rings is 2. The number of nitrogens with one attached hydrogen (secondary N) is 1. The van der Waals surface area contributed by atoms with Crippen LogP contribution in [0.5, 0.6) is 0 Å². The van der Waals surface area contributed by atoms with Crippen molar-refractivity contribution in [1.29, 1.82) is 0 Å². The molecule has 0 radical (unpaired) electrons. The number of rotatable bonds is 2. The van der Waals surface area contributed by atoms with E-state index in [0.29, 0.717) is 5.56 Å². The maximum atomic E-state index is 13.0. The molecule has 0 saturated carbocycles. The molecule has 5 nitrogen and oxygen atoms in total. The van der Waals surface area contributed by atoms with E-state index in [4.69, 9.17) is 0 Å². The number of nitrogens with zero attached hydrogens (tertiary/aromatic N) is 2. The molecule has 5 rings (SSSR count). The summed E-state index contributed by atoms with van der Waals surface area (Å²) in [5.74, 6) is 0.0525. The quantitative estimate of drug-likeness (QED) is 0.732. The zero-order valence-electron chi connectivity index (χ0n) is 16.4. The molecule has 3 aromatic rings. The van der Waals surface area contributed by atoms with Gasteiger partial charge in [-0.1, -0.05) is 36.4 Å². The van der Waals surface area contributed by atoms with Crippen molar-refractivity contribution >= 4 is 12.0 Å². The van der Waals surface area contributed by atoms with Gasteiger partial charge in [-0.05, 0) is 55.2 Å². The van der Waals surface area contributed by atoms with Crippen molar-refractivity contribution < 1.29 is 4.79 Å². The number of carbonyl (C=O) groups excluding carboxylic acids is 1. The minimum Gasteiger partial charge on any atom is -0.339 e. The zero-order chi connectivity index (χ0) is 20.0. The molecule has 0 atom stereocenters. The van der Waals surface area contributed by atoms with Crippen molar-refractivity contribution in [3.05, 3.63) is 93.4 Å². The topological polar surface area (TPSA) is 58.1 Å². The lowest BCUT2D eigenvalue weighted by atomic mass is 9.74. The van der Waals surface area contributed by atoms with Crippen LogP contribution in [0.3, 0.4) is 0 Å². The largest absolute Gasteiger partial charge is 0.339 e. The second-order valence-electron chi connectivity index (χ2n) is 8.03. The van der Waals surface area contributed by atoms with Crippen LogP contribution in [-0.2, 0) is 5.41 Å². The van der Waals surface area contributed by atoms with Crippen LogP contribution in [0.2, 0.25) is 0 Å². The molecule has 0 bridgehead atoms. The lowest BCUT2D eigenvalue weighted by Gasteiger charge is -2.39. The Labute approximate surface area is 169 Å². The molecule has 0 unspecified atom stereocenters. The third-order valence-electron chi connectivity index (χ3n) is 6.24. The number of aromatic amines is 1. The summed E-state index contributed by atoms with van der Waals surface area (Å²) in [6.45, 7) is 3.33. The van der Waals surface area contributed by atoms with Crippen LogP contribution in [0.4, 0.5) is 0 Å². The van der Waals surface area contributed by atoms with E-state index in [2.05, 4.69) is 41.5 Å². The molecule has 1 fully saturated rings.